The molecule has 0 spiro atoms. The predicted molar refractivity (Wildman–Crippen MR) is 71.5 cm³/mol. The molecule has 0 atom stereocenters. The fourth-order valence-corrected chi connectivity index (χ4v) is 1.58. The molecule has 2 aromatic carbocycles. The first-order valence-electron chi connectivity index (χ1n) is 6.02. The lowest BCUT2D eigenvalue weighted by atomic mass is 10.1. The Bertz CT molecular complexity index is 675. The number of carbonyl (C=O) groups is 2. The van der Waals surface area contributed by atoms with Crippen LogP contribution in [0.25, 0.3) is 6.08 Å². The van der Waals surface area contributed by atoms with E-state index < -0.39 is 23.3 Å². The van der Waals surface area contributed by atoms with Crippen molar-refractivity contribution in [2.24, 2.45) is 0 Å². The van der Waals surface area contributed by atoms with Crippen molar-refractivity contribution in [3.63, 3.8) is 0 Å². The number of halogens is 1. The summed E-state index contributed by atoms with van der Waals surface area (Å²) in [5.41, 5.74) is -0.300. The molecule has 0 saturated heterocycles. The van der Waals surface area contributed by atoms with Gasteiger partial charge in [0.25, 0.3) is 0 Å². The molecule has 0 saturated carbocycles. The van der Waals surface area contributed by atoms with Crippen molar-refractivity contribution in [1.82, 2.24) is 0 Å². The Balaban J connectivity index is 2.24. The van der Waals surface area contributed by atoms with E-state index in [1.807, 2.05) is 0 Å². The highest BCUT2D eigenvalue weighted by atomic mass is 19.1. The molecule has 0 unspecified atom stereocenters. The topological polar surface area (TPSA) is 66.4 Å². The van der Waals surface area contributed by atoms with Crippen LogP contribution in [0.4, 0.5) is 4.39 Å². The molecule has 0 bridgehead atoms. The molecule has 21 heavy (non-hydrogen) atoms. The Hall–Kier alpha value is -2.95. The Morgan fingerprint density at radius 3 is 2.19 bits per heavy atom. The number of esters is 1. The van der Waals surface area contributed by atoms with Crippen LogP contribution in [0.5, 0.6) is 5.75 Å². The summed E-state index contributed by atoms with van der Waals surface area (Å²) in [6, 6.07) is 13.0. The van der Waals surface area contributed by atoms with E-state index in [-0.39, 0.29) is 5.75 Å². The molecule has 106 valence electrons. The molecule has 0 radical (unpaired) electrons. The minimum Gasteiger partial charge on any atom is -0.545 e. The third-order valence-corrected chi connectivity index (χ3v) is 2.57. The summed E-state index contributed by atoms with van der Waals surface area (Å²) in [6.07, 6.45) is 1.07. The van der Waals surface area contributed by atoms with E-state index in [0.717, 1.165) is 18.2 Å². The maximum Gasteiger partial charge on any atom is 0.345 e. The Morgan fingerprint density at radius 2 is 1.62 bits per heavy atom. The lowest BCUT2D eigenvalue weighted by Crippen LogP contribution is -2.30. The molecule has 0 aliphatic carbocycles. The molecular weight excluding hydrogens is 275 g/mol. The summed E-state index contributed by atoms with van der Waals surface area (Å²) >= 11 is 0. The SMILES string of the molecule is O=C([O-])/C(=C/c1ccc(F)cc1)C(=O)Oc1ccccc1. The average Bonchev–Trinajstić information content (AvgIpc) is 2.47. The number of aliphatic carboxylic acids is 1. The zero-order valence-electron chi connectivity index (χ0n) is 10.8. The van der Waals surface area contributed by atoms with E-state index >= 15 is 0 Å². The van der Waals surface area contributed by atoms with Crippen molar-refractivity contribution in [2.45, 2.75) is 0 Å². The van der Waals surface area contributed by atoms with E-state index in [4.69, 9.17) is 4.74 Å². The number of rotatable bonds is 4. The first-order chi connectivity index (χ1) is 10.1. The highest BCUT2D eigenvalue weighted by molar-refractivity contribution is 6.16. The fourth-order valence-electron chi connectivity index (χ4n) is 1.58. The highest BCUT2D eigenvalue weighted by Gasteiger charge is 2.13. The zero-order valence-corrected chi connectivity index (χ0v) is 10.8. The Kier molecular flexibility index (Phi) is 4.46. The smallest absolute Gasteiger partial charge is 0.345 e. The summed E-state index contributed by atoms with van der Waals surface area (Å²) in [5, 5.41) is 11.0. The highest BCUT2D eigenvalue weighted by Crippen LogP contribution is 2.13. The quantitative estimate of drug-likeness (QED) is 0.281. The van der Waals surface area contributed by atoms with Gasteiger partial charge in [0.1, 0.15) is 11.6 Å². The van der Waals surface area contributed by atoms with E-state index in [0.29, 0.717) is 5.56 Å². The van der Waals surface area contributed by atoms with Gasteiger partial charge in [0, 0.05) is 0 Å². The van der Waals surface area contributed by atoms with Gasteiger partial charge in [-0.1, -0.05) is 30.3 Å². The van der Waals surface area contributed by atoms with Gasteiger partial charge < -0.3 is 14.6 Å². The summed E-state index contributed by atoms with van der Waals surface area (Å²) < 4.78 is 17.7. The molecule has 4 nitrogen and oxygen atoms in total. The maximum absolute atomic E-state index is 12.8. The number of para-hydroxylation sites is 1. The van der Waals surface area contributed by atoms with E-state index in [1.54, 1.807) is 18.2 Å². The van der Waals surface area contributed by atoms with Crippen molar-refractivity contribution in [1.29, 1.82) is 0 Å². The molecular formula is C16H10FO4-. The fraction of sp³-hybridized carbons (Fsp3) is 0. The van der Waals surface area contributed by atoms with Gasteiger partial charge in [0.2, 0.25) is 0 Å². The minimum atomic E-state index is -1.67. The van der Waals surface area contributed by atoms with Crippen LogP contribution in [0.2, 0.25) is 0 Å². The lowest BCUT2D eigenvalue weighted by molar-refractivity contribution is -0.298. The number of carboxylic acid groups (broad SMARTS) is 1. The number of hydrogen-bond donors (Lipinski definition) is 0. The molecule has 0 fully saturated rings. The van der Waals surface area contributed by atoms with Crippen LogP contribution >= 0.6 is 0 Å². The second kappa shape index (κ2) is 6.47. The number of carboxylic acids is 1. The first-order valence-corrected chi connectivity index (χ1v) is 6.02. The number of ether oxygens (including phenoxy) is 1. The molecule has 0 aliphatic heterocycles. The van der Waals surface area contributed by atoms with Crippen LogP contribution in [0.1, 0.15) is 5.56 Å². The van der Waals surface area contributed by atoms with Crippen molar-refractivity contribution in [3.05, 3.63) is 71.6 Å². The van der Waals surface area contributed by atoms with Crippen molar-refractivity contribution in [3.8, 4) is 5.75 Å². The maximum atomic E-state index is 12.8. The van der Waals surface area contributed by atoms with Crippen LogP contribution in [-0.4, -0.2) is 11.9 Å². The summed E-state index contributed by atoms with van der Waals surface area (Å²) in [7, 11) is 0. The van der Waals surface area contributed by atoms with Gasteiger partial charge in [0.15, 0.2) is 0 Å². The number of hydrogen-bond acceptors (Lipinski definition) is 4. The van der Waals surface area contributed by atoms with E-state index in [2.05, 4.69) is 0 Å². The van der Waals surface area contributed by atoms with Crippen molar-refractivity contribution in [2.75, 3.05) is 0 Å². The summed E-state index contributed by atoms with van der Waals surface area (Å²) in [4.78, 5) is 22.9. The largest absolute Gasteiger partial charge is 0.545 e. The standard InChI is InChI=1S/C16H11FO4/c17-12-8-6-11(7-9-12)10-14(15(18)19)16(20)21-13-4-2-1-3-5-13/h1-10H,(H,18,19)/p-1/b14-10-. The van der Waals surface area contributed by atoms with Crippen LogP contribution in [0.15, 0.2) is 60.2 Å². The van der Waals surface area contributed by atoms with Crippen LogP contribution in [0.3, 0.4) is 0 Å². The van der Waals surface area contributed by atoms with Crippen molar-refractivity contribution >= 4 is 18.0 Å². The van der Waals surface area contributed by atoms with Gasteiger partial charge in [-0.15, -0.1) is 0 Å². The van der Waals surface area contributed by atoms with Gasteiger partial charge in [-0.25, -0.2) is 9.18 Å². The van der Waals surface area contributed by atoms with Gasteiger partial charge in [-0.05, 0) is 35.9 Å². The van der Waals surface area contributed by atoms with Crippen LogP contribution in [0, 0.1) is 5.82 Å². The van der Waals surface area contributed by atoms with E-state index in [1.165, 1.54) is 24.3 Å². The molecule has 2 rings (SSSR count). The first kappa shape index (κ1) is 14.5. The Morgan fingerprint density at radius 1 is 1.00 bits per heavy atom. The minimum absolute atomic E-state index is 0.216. The van der Waals surface area contributed by atoms with E-state index in [9.17, 15) is 19.1 Å². The normalized spacial score (nSPS) is 11.0. The molecule has 2 aromatic rings. The van der Waals surface area contributed by atoms with Gasteiger partial charge in [-0.2, -0.15) is 0 Å². The Labute approximate surface area is 120 Å². The molecule has 0 N–H and O–H groups in total. The van der Waals surface area contributed by atoms with Gasteiger partial charge in [-0.3, -0.25) is 0 Å². The molecule has 5 heteroatoms. The lowest BCUT2D eigenvalue weighted by Gasteiger charge is -2.09. The molecule has 0 aliphatic rings. The third kappa shape index (κ3) is 4.01. The van der Waals surface area contributed by atoms with Gasteiger partial charge in [0.05, 0.1) is 11.5 Å². The molecule has 0 heterocycles. The van der Waals surface area contributed by atoms with Crippen LogP contribution < -0.4 is 9.84 Å². The van der Waals surface area contributed by atoms with Gasteiger partial charge >= 0.3 is 5.97 Å². The second-order valence-electron chi connectivity index (χ2n) is 4.10. The molecule has 0 amide bonds. The second-order valence-corrected chi connectivity index (χ2v) is 4.10. The van der Waals surface area contributed by atoms with Crippen LogP contribution in [-0.2, 0) is 9.59 Å². The number of benzene rings is 2. The monoisotopic (exact) mass is 285 g/mol. The summed E-state index contributed by atoms with van der Waals surface area (Å²) in [6.45, 7) is 0. The predicted octanol–water partition coefficient (Wildman–Crippen LogP) is 1.56. The average molecular weight is 285 g/mol. The third-order valence-electron chi connectivity index (χ3n) is 2.57. The molecule has 0 aromatic heterocycles. The van der Waals surface area contributed by atoms with Crippen molar-refractivity contribution < 1.29 is 23.8 Å². The number of carbonyl (C=O) groups excluding carboxylic acids is 2. The zero-order chi connectivity index (χ0) is 15.2. The summed E-state index contributed by atoms with van der Waals surface area (Å²) in [5.74, 6) is -2.96.